The van der Waals surface area contributed by atoms with Crippen molar-refractivity contribution in [1.29, 1.82) is 0 Å². The maximum Gasteiger partial charge on any atom is 0.340 e. The highest BCUT2D eigenvalue weighted by Crippen LogP contribution is 2.30. The molecule has 1 heterocycles. The Labute approximate surface area is 145 Å². The minimum absolute atomic E-state index is 0.0965. The molecule has 0 saturated carbocycles. The molecule has 0 spiro atoms. The Kier molecular flexibility index (Phi) is 4.69. The predicted octanol–water partition coefficient (Wildman–Crippen LogP) is 2.83. The standard InChI is InChI=1S/C18H18N2O5/c1-18(24-12-13-8-4-3-5-9-13)20(23-2)16(19-25-18)14-10-6-7-11-15(14)17(21)22/h3-11H,12H2,1-2H3,(H,21,22). The lowest BCUT2D eigenvalue weighted by atomic mass is 10.1. The van der Waals surface area contributed by atoms with Crippen molar-refractivity contribution in [2.75, 3.05) is 7.11 Å². The third kappa shape index (κ3) is 3.33. The number of hydrogen-bond donors (Lipinski definition) is 1. The largest absolute Gasteiger partial charge is 0.478 e. The van der Waals surface area contributed by atoms with Gasteiger partial charge < -0.3 is 14.7 Å². The molecule has 0 amide bonds. The maximum atomic E-state index is 11.5. The summed E-state index contributed by atoms with van der Waals surface area (Å²) < 4.78 is 5.85. The van der Waals surface area contributed by atoms with E-state index in [1.807, 2.05) is 30.3 Å². The SMILES string of the molecule is CON1C(c2ccccc2C(=O)O)=NOC1(C)OCc1ccccc1. The molecule has 1 N–H and O–H groups in total. The first-order valence-corrected chi connectivity index (χ1v) is 7.66. The van der Waals surface area contributed by atoms with Gasteiger partial charge in [0.1, 0.15) is 0 Å². The number of hydrogen-bond acceptors (Lipinski definition) is 6. The number of ether oxygens (including phenoxy) is 1. The maximum absolute atomic E-state index is 11.5. The Balaban J connectivity index is 1.84. The molecule has 0 bridgehead atoms. The van der Waals surface area contributed by atoms with Gasteiger partial charge in [0.2, 0.25) is 5.84 Å². The lowest BCUT2D eigenvalue weighted by Crippen LogP contribution is -2.48. The molecule has 0 radical (unpaired) electrons. The van der Waals surface area contributed by atoms with E-state index in [9.17, 15) is 9.90 Å². The first-order valence-electron chi connectivity index (χ1n) is 7.66. The van der Waals surface area contributed by atoms with Crippen molar-refractivity contribution in [3.63, 3.8) is 0 Å². The van der Waals surface area contributed by atoms with Crippen LogP contribution in [-0.4, -0.2) is 35.0 Å². The van der Waals surface area contributed by atoms with Gasteiger partial charge in [-0.05, 0) is 11.6 Å². The van der Waals surface area contributed by atoms with Gasteiger partial charge >= 0.3 is 11.9 Å². The van der Waals surface area contributed by atoms with E-state index >= 15 is 0 Å². The van der Waals surface area contributed by atoms with E-state index < -0.39 is 11.9 Å². The number of amidine groups is 1. The topological polar surface area (TPSA) is 80.6 Å². The first kappa shape index (κ1) is 16.9. The zero-order valence-corrected chi connectivity index (χ0v) is 13.9. The van der Waals surface area contributed by atoms with Crippen LogP contribution in [0, 0.1) is 0 Å². The van der Waals surface area contributed by atoms with Crippen LogP contribution in [-0.2, 0) is 21.0 Å². The summed E-state index contributed by atoms with van der Waals surface area (Å²) in [7, 11) is 1.44. The summed E-state index contributed by atoms with van der Waals surface area (Å²) in [6.07, 6.45) is 0. The molecule has 7 nitrogen and oxygen atoms in total. The van der Waals surface area contributed by atoms with Crippen molar-refractivity contribution in [3.05, 3.63) is 71.3 Å². The van der Waals surface area contributed by atoms with Crippen LogP contribution in [0.3, 0.4) is 0 Å². The van der Waals surface area contributed by atoms with Crippen LogP contribution in [0.1, 0.15) is 28.4 Å². The zero-order valence-electron chi connectivity index (χ0n) is 13.9. The van der Waals surface area contributed by atoms with E-state index in [-0.39, 0.29) is 18.0 Å². The average Bonchev–Trinajstić information content (AvgIpc) is 2.97. The highest BCUT2D eigenvalue weighted by atomic mass is 16.9. The summed E-state index contributed by atoms with van der Waals surface area (Å²) >= 11 is 0. The lowest BCUT2D eigenvalue weighted by molar-refractivity contribution is -0.350. The second-order valence-corrected chi connectivity index (χ2v) is 5.51. The number of aromatic carboxylic acids is 1. The predicted molar refractivity (Wildman–Crippen MR) is 89.5 cm³/mol. The van der Waals surface area contributed by atoms with Crippen LogP contribution >= 0.6 is 0 Å². The molecule has 1 atom stereocenters. The number of carbonyl (C=O) groups is 1. The average molecular weight is 342 g/mol. The Bertz CT molecular complexity index is 793. The van der Waals surface area contributed by atoms with E-state index in [0.717, 1.165) is 5.56 Å². The van der Waals surface area contributed by atoms with Crippen molar-refractivity contribution in [3.8, 4) is 0 Å². The fraction of sp³-hybridized carbons (Fsp3) is 0.222. The number of rotatable bonds is 6. The smallest absolute Gasteiger partial charge is 0.340 e. The molecule has 130 valence electrons. The van der Waals surface area contributed by atoms with Crippen LogP contribution < -0.4 is 0 Å². The number of oxime groups is 1. The van der Waals surface area contributed by atoms with Crippen LogP contribution in [0.5, 0.6) is 0 Å². The molecule has 0 fully saturated rings. The van der Waals surface area contributed by atoms with Gasteiger partial charge in [-0.1, -0.05) is 53.7 Å². The van der Waals surface area contributed by atoms with Gasteiger partial charge in [0.15, 0.2) is 0 Å². The zero-order chi connectivity index (χ0) is 17.9. The van der Waals surface area contributed by atoms with Gasteiger partial charge in [0, 0.05) is 12.5 Å². The molecule has 0 saturated heterocycles. The van der Waals surface area contributed by atoms with E-state index in [1.54, 1.807) is 25.1 Å². The summed E-state index contributed by atoms with van der Waals surface area (Å²) in [5, 5.41) is 14.7. The quantitative estimate of drug-likeness (QED) is 0.869. The van der Waals surface area contributed by atoms with Crippen molar-refractivity contribution in [1.82, 2.24) is 5.06 Å². The number of carboxylic acid groups (broad SMARTS) is 1. The molecular formula is C18H18N2O5. The highest BCUT2D eigenvalue weighted by molar-refractivity contribution is 6.07. The fourth-order valence-electron chi connectivity index (χ4n) is 2.55. The Morgan fingerprint density at radius 1 is 1.20 bits per heavy atom. The van der Waals surface area contributed by atoms with Crippen LogP contribution in [0.2, 0.25) is 0 Å². The van der Waals surface area contributed by atoms with Crippen LogP contribution in [0.15, 0.2) is 59.8 Å². The number of hydroxylamine groups is 2. The molecule has 0 aliphatic carbocycles. The van der Waals surface area contributed by atoms with Crippen LogP contribution in [0.4, 0.5) is 0 Å². The molecule has 25 heavy (non-hydrogen) atoms. The van der Waals surface area contributed by atoms with Crippen LogP contribution in [0.25, 0.3) is 0 Å². The van der Waals surface area contributed by atoms with Gasteiger partial charge in [-0.15, -0.1) is 0 Å². The van der Waals surface area contributed by atoms with E-state index in [0.29, 0.717) is 5.56 Å². The fourth-order valence-corrected chi connectivity index (χ4v) is 2.55. The Morgan fingerprint density at radius 3 is 2.56 bits per heavy atom. The highest BCUT2D eigenvalue weighted by Gasteiger charge is 2.45. The Morgan fingerprint density at radius 2 is 1.88 bits per heavy atom. The van der Waals surface area contributed by atoms with Crippen molar-refractivity contribution in [2.45, 2.75) is 19.4 Å². The third-order valence-electron chi connectivity index (χ3n) is 3.79. The molecule has 7 heteroatoms. The number of benzene rings is 2. The second kappa shape index (κ2) is 6.92. The normalized spacial score (nSPS) is 19.4. The molecule has 3 rings (SSSR count). The first-order chi connectivity index (χ1) is 12.0. The monoisotopic (exact) mass is 342 g/mol. The lowest BCUT2D eigenvalue weighted by Gasteiger charge is -2.31. The summed E-state index contributed by atoms with van der Waals surface area (Å²) in [4.78, 5) is 22.3. The van der Waals surface area contributed by atoms with Gasteiger partial charge in [0.05, 0.1) is 19.3 Å². The van der Waals surface area contributed by atoms with Gasteiger partial charge in [-0.3, -0.25) is 4.84 Å². The second-order valence-electron chi connectivity index (χ2n) is 5.51. The van der Waals surface area contributed by atoms with E-state index in [4.69, 9.17) is 14.4 Å². The summed E-state index contributed by atoms with van der Waals surface area (Å²) in [6.45, 7) is 1.93. The Hall–Kier alpha value is -2.90. The number of nitrogens with zero attached hydrogens (tertiary/aromatic N) is 2. The number of carboxylic acids is 1. The van der Waals surface area contributed by atoms with E-state index in [1.165, 1.54) is 18.2 Å². The van der Waals surface area contributed by atoms with Crippen molar-refractivity contribution < 1.29 is 24.3 Å². The van der Waals surface area contributed by atoms with Crippen molar-refractivity contribution in [2.24, 2.45) is 5.16 Å². The minimum atomic E-state index is -1.31. The summed E-state index contributed by atoms with van der Waals surface area (Å²) in [5.74, 6) is -2.14. The summed E-state index contributed by atoms with van der Waals surface area (Å²) in [6, 6.07) is 16.1. The molecule has 2 aromatic rings. The molecule has 1 unspecified atom stereocenters. The summed E-state index contributed by atoms with van der Waals surface area (Å²) in [5.41, 5.74) is 1.44. The molecule has 2 aromatic carbocycles. The third-order valence-corrected chi connectivity index (χ3v) is 3.79. The van der Waals surface area contributed by atoms with Gasteiger partial charge in [-0.2, -0.15) is 5.06 Å². The van der Waals surface area contributed by atoms with Gasteiger partial charge in [-0.25, -0.2) is 4.79 Å². The minimum Gasteiger partial charge on any atom is -0.478 e. The molecule has 0 aromatic heterocycles. The van der Waals surface area contributed by atoms with Gasteiger partial charge in [0.25, 0.3) is 0 Å². The molecular weight excluding hydrogens is 324 g/mol. The molecule has 1 aliphatic heterocycles. The molecule has 1 aliphatic rings. The van der Waals surface area contributed by atoms with E-state index in [2.05, 4.69) is 5.16 Å². The van der Waals surface area contributed by atoms with Crippen molar-refractivity contribution >= 4 is 11.8 Å².